The van der Waals surface area contributed by atoms with Gasteiger partial charge in [-0.2, -0.15) is 0 Å². The lowest BCUT2D eigenvalue weighted by Gasteiger charge is -2.21. The highest BCUT2D eigenvalue weighted by molar-refractivity contribution is 5.69. The Hall–Kier alpha value is -2.02. The van der Waals surface area contributed by atoms with Crippen LogP contribution in [0.5, 0.6) is 11.5 Å². The first-order chi connectivity index (χ1) is 10.1. The number of anilines is 1. The van der Waals surface area contributed by atoms with Crippen molar-refractivity contribution in [3.8, 4) is 11.5 Å². The number of hydrogen-bond donors (Lipinski definition) is 2. The van der Waals surface area contributed by atoms with Crippen LogP contribution in [0.4, 0.5) is 11.4 Å². The fourth-order valence-electron chi connectivity index (χ4n) is 2.84. The lowest BCUT2D eigenvalue weighted by Crippen LogP contribution is -2.29. The van der Waals surface area contributed by atoms with Crippen molar-refractivity contribution >= 4 is 11.4 Å². The fraction of sp³-hybridized carbons (Fsp3) is 0.571. The molecule has 1 aromatic rings. The van der Waals surface area contributed by atoms with E-state index in [1.54, 1.807) is 6.07 Å². The topological polar surface area (TPSA) is 99.7 Å². The summed E-state index contributed by atoms with van der Waals surface area (Å²) in [6, 6.07) is 3.16. The summed E-state index contributed by atoms with van der Waals surface area (Å²) in [7, 11) is 2.96. The molecule has 1 aromatic carbocycles. The van der Waals surface area contributed by atoms with Gasteiger partial charge in [0.05, 0.1) is 25.2 Å². The van der Waals surface area contributed by atoms with E-state index in [2.05, 4.69) is 5.32 Å². The predicted octanol–water partition coefficient (Wildman–Crippen LogP) is 2.15. The molecule has 7 heteroatoms. The molecule has 116 valence electrons. The number of methoxy groups -OCH3 is 2. The van der Waals surface area contributed by atoms with Crippen molar-refractivity contribution in [2.45, 2.75) is 25.3 Å². The summed E-state index contributed by atoms with van der Waals surface area (Å²) in [5, 5.41) is 14.5. The van der Waals surface area contributed by atoms with Crippen LogP contribution in [0.25, 0.3) is 0 Å². The number of nitro groups is 1. The van der Waals surface area contributed by atoms with Crippen molar-refractivity contribution < 1.29 is 14.4 Å². The van der Waals surface area contributed by atoms with E-state index in [4.69, 9.17) is 15.2 Å². The number of nitrogens with zero attached hydrogens (tertiary/aromatic N) is 1. The van der Waals surface area contributed by atoms with Crippen LogP contribution < -0.4 is 20.5 Å². The van der Waals surface area contributed by atoms with E-state index in [9.17, 15) is 10.1 Å². The van der Waals surface area contributed by atoms with E-state index in [1.807, 2.05) is 0 Å². The first-order valence-electron chi connectivity index (χ1n) is 6.97. The van der Waals surface area contributed by atoms with Crippen LogP contribution in [0.1, 0.15) is 19.3 Å². The molecule has 0 aliphatic heterocycles. The van der Waals surface area contributed by atoms with E-state index in [0.717, 1.165) is 19.3 Å². The van der Waals surface area contributed by atoms with Gasteiger partial charge in [-0.15, -0.1) is 0 Å². The predicted molar refractivity (Wildman–Crippen MR) is 80.0 cm³/mol. The number of ether oxygens (including phenoxy) is 2. The van der Waals surface area contributed by atoms with Gasteiger partial charge in [0.15, 0.2) is 11.5 Å². The Labute approximate surface area is 123 Å². The smallest absolute Gasteiger partial charge is 0.296 e. The lowest BCUT2D eigenvalue weighted by molar-refractivity contribution is -0.384. The highest BCUT2D eigenvalue weighted by atomic mass is 16.6. The van der Waals surface area contributed by atoms with Crippen LogP contribution in [-0.4, -0.2) is 31.7 Å². The van der Waals surface area contributed by atoms with Gasteiger partial charge in [0.1, 0.15) is 5.69 Å². The van der Waals surface area contributed by atoms with Crippen LogP contribution in [0.2, 0.25) is 0 Å². The van der Waals surface area contributed by atoms with Gasteiger partial charge < -0.3 is 20.5 Å². The Morgan fingerprint density at radius 1 is 1.33 bits per heavy atom. The lowest BCUT2D eigenvalue weighted by atomic mass is 10.0. The summed E-state index contributed by atoms with van der Waals surface area (Å²) in [4.78, 5) is 10.8. The zero-order valence-corrected chi connectivity index (χ0v) is 12.3. The normalized spacial score (nSPS) is 21.1. The summed E-state index contributed by atoms with van der Waals surface area (Å²) in [5.41, 5.74) is 6.19. The summed E-state index contributed by atoms with van der Waals surface area (Å²) in [5.74, 6) is 1.15. The van der Waals surface area contributed by atoms with Crippen LogP contribution >= 0.6 is 0 Å². The Bertz CT molecular complexity index is 521. The van der Waals surface area contributed by atoms with Gasteiger partial charge in [-0.05, 0) is 25.3 Å². The van der Waals surface area contributed by atoms with Crippen LogP contribution in [0.15, 0.2) is 12.1 Å². The molecule has 1 aliphatic carbocycles. The number of nitrogens with one attached hydrogen (secondary N) is 1. The van der Waals surface area contributed by atoms with Gasteiger partial charge in [0.25, 0.3) is 5.69 Å². The van der Waals surface area contributed by atoms with Crippen molar-refractivity contribution in [3.63, 3.8) is 0 Å². The quantitative estimate of drug-likeness (QED) is 0.616. The van der Waals surface area contributed by atoms with Gasteiger partial charge in [0.2, 0.25) is 0 Å². The highest BCUT2D eigenvalue weighted by Gasteiger charge is 2.29. The molecule has 0 aromatic heterocycles. The minimum atomic E-state index is -0.420. The van der Waals surface area contributed by atoms with Gasteiger partial charge in [-0.25, -0.2) is 0 Å². The van der Waals surface area contributed by atoms with Crippen LogP contribution in [0, 0.1) is 16.0 Å². The van der Waals surface area contributed by atoms with Gasteiger partial charge in [0, 0.05) is 12.1 Å². The first-order valence-corrected chi connectivity index (χ1v) is 6.97. The number of rotatable bonds is 6. The summed E-state index contributed by atoms with van der Waals surface area (Å²) in [6.45, 7) is 0.582. The minimum absolute atomic E-state index is 0.0182. The Kier molecular flexibility index (Phi) is 4.85. The highest BCUT2D eigenvalue weighted by Crippen LogP contribution is 2.39. The zero-order valence-electron chi connectivity index (χ0n) is 12.3. The number of hydrogen-bond acceptors (Lipinski definition) is 6. The molecule has 0 saturated heterocycles. The second-order valence-electron chi connectivity index (χ2n) is 5.16. The minimum Gasteiger partial charge on any atom is -0.493 e. The van der Waals surface area contributed by atoms with Gasteiger partial charge in [-0.3, -0.25) is 10.1 Å². The maximum absolute atomic E-state index is 11.3. The molecule has 0 radical (unpaired) electrons. The molecule has 7 nitrogen and oxygen atoms in total. The second-order valence-corrected chi connectivity index (χ2v) is 5.16. The second kappa shape index (κ2) is 6.62. The van der Waals surface area contributed by atoms with Gasteiger partial charge in [-0.1, -0.05) is 6.42 Å². The van der Waals surface area contributed by atoms with E-state index in [0.29, 0.717) is 29.6 Å². The van der Waals surface area contributed by atoms with E-state index in [1.165, 1.54) is 20.3 Å². The van der Waals surface area contributed by atoms with E-state index >= 15 is 0 Å². The average molecular weight is 295 g/mol. The third-order valence-electron chi connectivity index (χ3n) is 4.00. The number of nitrogens with two attached hydrogens (primary N) is 1. The van der Waals surface area contributed by atoms with E-state index in [-0.39, 0.29) is 11.7 Å². The molecular weight excluding hydrogens is 274 g/mol. The fourth-order valence-corrected chi connectivity index (χ4v) is 2.84. The molecule has 21 heavy (non-hydrogen) atoms. The molecule has 1 saturated carbocycles. The average Bonchev–Trinajstić information content (AvgIpc) is 2.93. The molecule has 0 bridgehead atoms. The molecule has 1 aliphatic rings. The summed E-state index contributed by atoms with van der Waals surface area (Å²) in [6.07, 6.45) is 3.10. The monoisotopic (exact) mass is 295 g/mol. The number of nitro benzene ring substituents is 1. The standard InChI is InChI=1S/C14H21N3O4/c1-20-13-6-11(12(17(18)19)7-14(13)21-2)16-10-5-3-4-9(10)8-15/h6-7,9-10,16H,3-5,8,15H2,1-2H3. The molecule has 2 unspecified atom stereocenters. The third-order valence-corrected chi connectivity index (χ3v) is 4.00. The molecular formula is C14H21N3O4. The maximum atomic E-state index is 11.3. The Morgan fingerprint density at radius 3 is 2.57 bits per heavy atom. The molecule has 0 amide bonds. The zero-order chi connectivity index (χ0) is 15.4. The summed E-state index contributed by atoms with van der Waals surface area (Å²) < 4.78 is 10.3. The number of benzene rings is 1. The molecule has 2 atom stereocenters. The Balaban J connectivity index is 2.34. The molecule has 1 fully saturated rings. The Morgan fingerprint density at radius 2 is 2.00 bits per heavy atom. The van der Waals surface area contributed by atoms with Gasteiger partial charge >= 0.3 is 0 Å². The summed E-state index contributed by atoms with van der Waals surface area (Å²) >= 11 is 0. The molecule has 2 rings (SSSR count). The SMILES string of the molecule is COc1cc(NC2CCCC2CN)c([N+](=O)[O-])cc1OC. The van der Waals surface area contributed by atoms with Crippen LogP contribution in [-0.2, 0) is 0 Å². The van der Waals surface area contributed by atoms with E-state index < -0.39 is 4.92 Å². The van der Waals surface area contributed by atoms with Crippen molar-refractivity contribution in [1.29, 1.82) is 0 Å². The maximum Gasteiger partial charge on any atom is 0.296 e. The van der Waals surface area contributed by atoms with Crippen molar-refractivity contribution in [1.82, 2.24) is 0 Å². The van der Waals surface area contributed by atoms with Crippen molar-refractivity contribution in [2.24, 2.45) is 11.7 Å². The van der Waals surface area contributed by atoms with Crippen LogP contribution in [0.3, 0.4) is 0 Å². The molecule has 3 N–H and O–H groups in total. The largest absolute Gasteiger partial charge is 0.493 e. The first kappa shape index (κ1) is 15.4. The third kappa shape index (κ3) is 3.18. The van der Waals surface area contributed by atoms with Crippen molar-refractivity contribution in [2.75, 3.05) is 26.1 Å². The van der Waals surface area contributed by atoms with Crippen molar-refractivity contribution in [3.05, 3.63) is 22.2 Å². The molecule has 0 spiro atoms. The molecule has 0 heterocycles.